The molecule has 0 saturated carbocycles. The van der Waals surface area contributed by atoms with Gasteiger partial charge in [0.05, 0.1) is 22.2 Å². The molecule has 1 aliphatic rings. The van der Waals surface area contributed by atoms with Gasteiger partial charge >= 0.3 is 5.97 Å². The molecule has 186 valence electrons. The molecule has 4 rings (SSSR count). The molecular weight excluding hydrogens is 541 g/mol. The van der Waals surface area contributed by atoms with Gasteiger partial charge < -0.3 is 19.3 Å². The Morgan fingerprint density at radius 3 is 2.35 bits per heavy atom. The number of rotatable bonds is 6. The summed E-state index contributed by atoms with van der Waals surface area (Å²) in [5.41, 5.74) is 4.23. The monoisotopic (exact) mass is 571 g/mol. The zero-order valence-electron chi connectivity index (χ0n) is 19.7. The molecular formula is C25H32BrCl2N3O3. The second kappa shape index (κ2) is 12.3. The molecule has 0 amide bonds. The molecule has 0 spiro atoms. The summed E-state index contributed by atoms with van der Waals surface area (Å²) in [6.45, 7) is 9.10. The van der Waals surface area contributed by atoms with Crippen LogP contribution in [0.4, 0.5) is 0 Å². The molecule has 0 aliphatic carbocycles. The molecule has 2 heterocycles. The maximum absolute atomic E-state index is 13.1. The fraction of sp³-hybridized carbons (Fsp3) is 0.400. The first-order valence-corrected chi connectivity index (χ1v) is 11.8. The van der Waals surface area contributed by atoms with Crippen LogP contribution < -0.4 is 0 Å². The van der Waals surface area contributed by atoms with Crippen molar-refractivity contribution in [3.63, 3.8) is 0 Å². The number of phenols is 1. The molecule has 1 aliphatic heterocycles. The third kappa shape index (κ3) is 5.71. The van der Waals surface area contributed by atoms with Gasteiger partial charge in [-0.15, -0.1) is 24.8 Å². The first-order valence-electron chi connectivity index (χ1n) is 11.1. The molecule has 3 aromatic rings. The largest absolute Gasteiger partial charge is 0.506 e. The number of likely N-dealkylation sites (N-methyl/N-ethyl adjacent to an activating group) is 1. The molecule has 1 aromatic heterocycles. The third-order valence-electron chi connectivity index (χ3n) is 6.28. The van der Waals surface area contributed by atoms with E-state index in [1.807, 2.05) is 38.1 Å². The number of halogens is 3. The van der Waals surface area contributed by atoms with E-state index < -0.39 is 0 Å². The molecule has 1 N–H and O–H groups in total. The average molecular weight is 573 g/mol. The van der Waals surface area contributed by atoms with Crippen molar-refractivity contribution in [2.75, 3.05) is 39.8 Å². The summed E-state index contributed by atoms with van der Waals surface area (Å²) < 4.78 is 8.23. The molecule has 0 atom stereocenters. The van der Waals surface area contributed by atoms with Crippen LogP contribution in [0.2, 0.25) is 0 Å². The number of ether oxygens (including phenoxy) is 1. The van der Waals surface area contributed by atoms with Gasteiger partial charge in [0.15, 0.2) is 0 Å². The van der Waals surface area contributed by atoms with E-state index in [-0.39, 0.29) is 36.5 Å². The first-order chi connectivity index (χ1) is 15.4. The van der Waals surface area contributed by atoms with E-state index in [9.17, 15) is 9.90 Å². The van der Waals surface area contributed by atoms with Crippen LogP contribution in [0.5, 0.6) is 5.75 Å². The van der Waals surface area contributed by atoms with E-state index in [1.54, 1.807) is 0 Å². The Labute approximate surface area is 221 Å². The molecule has 1 fully saturated rings. The minimum absolute atomic E-state index is 0. The number of carbonyl (C=O) groups is 1. The molecule has 2 aromatic carbocycles. The number of carbonyl (C=O) groups excluding carboxylic acids is 1. The highest BCUT2D eigenvalue weighted by molar-refractivity contribution is 9.10. The number of nitrogens with zero attached hydrogens (tertiary/aromatic N) is 3. The predicted molar refractivity (Wildman–Crippen MR) is 145 cm³/mol. The van der Waals surface area contributed by atoms with Crippen molar-refractivity contribution in [2.45, 2.75) is 26.9 Å². The standard InChI is InChI=1S/C25H30BrN3O3.2ClH/c1-4-32-25(31)22-17(2)29(15-18-8-6-5-7-9-18)21-14-20(26)24(30)19(23(21)22)16-28-12-10-27(3)11-13-28;;/h5-9,14,30H,4,10-13,15-16H2,1-3H3;2*1H. The predicted octanol–water partition coefficient (Wildman–Crippen LogP) is 5.23. The van der Waals surface area contributed by atoms with E-state index in [0.717, 1.165) is 53.9 Å². The maximum atomic E-state index is 13.1. The first kappa shape index (κ1) is 28.5. The number of aromatic hydroxyl groups is 1. The Hall–Kier alpha value is -1.77. The molecule has 34 heavy (non-hydrogen) atoms. The van der Waals surface area contributed by atoms with Crippen LogP contribution in [-0.4, -0.2) is 65.3 Å². The number of hydrogen-bond acceptors (Lipinski definition) is 5. The molecule has 0 radical (unpaired) electrons. The number of esters is 1. The van der Waals surface area contributed by atoms with Gasteiger partial charge in [-0.25, -0.2) is 4.79 Å². The highest BCUT2D eigenvalue weighted by atomic mass is 79.9. The van der Waals surface area contributed by atoms with E-state index in [4.69, 9.17) is 4.74 Å². The van der Waals surface area contributed by atoms with Gasteiger partial charge in [-0.2, -0.15) is 0 Å². The van der Waals surface area contributed by atoms with Crippen LogP contribution in [0.25, 0.3) is 10.9 Å². The van der Waals surface area contributed by atoms with Gasteiger partial charge in [0.25, 0.3) is 0 Å². The minimum atomic E-state index is -0.344. The summed E-state index contributed by atoms with van der Waals surface area (Å²) in [5, 5.41) is 11.8. The normalized spacial score (nSPS) is 14.5. The Balaban J connectivity index is 0.00000204. The fourth-order valence-electron chi connectivity index (χ4n) is 4.47. The zero-order chi connectivity index (χ0) is 22.8. The molecule has 1 saturated heterocycles. The number of phenolic OH excluding ortho intramolecular Hbond substituents is 1. The zero-order valence-corrected chi connectivity index (χ0v) is 22.9. The topological polar surface area (TPSA) is 57.9 Å². The third-order valence-corrected chi connectivity index (χ3v) is 6.89. The summed E-state index contributed by atoms with van der Waals surface area (Å²) in [6, 6.07) is 12.1. The number of fused-ring (bicyclic) bond motifs is 1. The van der Waals surface area contributed by atoms with Gasteiger partial charge in [0.2, 0.25) is 0 Å². The highest BCUT2D eigenvalue weighted by Crippen LogP contribution is 2.40. The van der Waals surface area contributed by atoms with Gasteiger partial charge in [0, 0.05) is 55.9 Å². The van der Waals surface area contributed by atoms with Crippen molar-refractivity contribution in [2.24, 2.45) is 0 Å². The van der Waals surface area contributed by atoms with E-state index in [2.05, 4.69) is 49.5 Å². The Morgan fingerprint density at radius 2 is 1.74 bits per heavy atom. The summed E-state index contributed by atoms with van der Waals surface area (Å²) in [6.07, 6.45) is 0. The lowest BCUT2D eigenvalue weighted by molar-refractivity contribution is 0.0527. The smallest absolute Gasteiger partial charge is 0.340 e. The Kier molecular flexibility index (Phi) is 10.3. The van der Waals surface area contributed by atoms with Gasteiger partial charge in [-0.3, -0.25) is 4.90 Å². The van der Waals surface area contributed by atoms with E-state index >= 15 is 0 Å². The lowest BCUT2D eigenvalue weighted by atomic mass is 10.0. The molecule has 0 unspecified atom stereocenters. The minimum Gasteiger partial charge on any atom is -0.506 e. The number of hydrogen-bond donors (Lipinski definition) is 1. The summed E-state index contributed by atoms with van der Waals surface area (Å²) >= 11 is 3.56. The summed E-state index contributed by atoms with van der Waals surface area (Å²) in [7, 11) is 2.12. The van der Waals surface area contributed by atoms with Gasteiger partial charge in [-0.1, -0.05) is 30.3 Å². The number of aromatic nitrogens is 1. The summed E-state index contributed by atoms with van der Waals surface area (Å²) in [5.74, 6) is -0.151. The highest BCUT2D eigenvalue weighted by Gasteiger charge is 2.28. The van der Waals surface area contributed by atoms with Crippen molar-refractivity contribution in [3.8, 4) is 5.75 Å². The molecule has 9 heteroatoms. The molecule has 6 nitrogen and oxygen atoms in total. The van der Waals surface area contributed by atoms with Crippen molar-refractivity contribution >= 4 is 57.6 Å². The lowest BCUT2D eigenvalue weighted by Crippen LogP contribution is -2.43. The number of benzene rings is 2. The quantitative estimate of drug-likeness (QED) is 0.410. The summed E-state index contributed by atoms with van der Waals surface area (Å²) in [4.78, 5) is 17.7. The maximum Gasteiger partial charge on any atom is 0.340 e. The van der Waals surface area contributed by atoms with Crippen LogP contribution in [-0.2, 0) is 17.8 Å². The fourth-order valence-corrected chi connectivity index (χ4v) is 4.93. The Bertz CT molecular complexity index is 1130. The van der Waals surface area contributed by atoms with Gasteiger partial charge in [-0.05, 0) is 48.5 Å². The second-order valence-electron chi connectivity index (χ2n) is 8.41. The molecule has 0 bridgehead atoms. The van der Waals surface area contributed by atoms with Crippen LogP contribution in [0, 0.1) is 6.92 Å². The van der Waals surface area contributed by atoms with Crippen molar-refractivity contribution in [1.82, 2.24) is 14.4 Å². The average Bonchev–Trinajstić information content (AvgIpc) is 3.05. The van der Waals surface area contributed by atoms with E-state index in [0.29, 0.717) is 29.7 Å². The van der Waals surface area contributed by atoms with E-state index in [1.165, 1.54) is 0 Å². The lowest BCUT2D eigenvalue weighted by Gasteiger charge is -2.32. The van der Waals surface area contributed by atoms with Crippen molar-refractivity contribution < 1.29 is 14.6 Å². The number of piperazine rings is 1. The van der Waals surface area contributed by atoms with Crippen molar-refractivity contribution in [1.29, 1.82) is 0 Å². The van der Waals surface area contributed by atoms with Crippen LogP contribution in [0.15, 0.2) is 40.9 Å². The van der Waals surface area contributed by atoms with Crippen LogP contribution in [0.1, 0.15) is 34.1 Å². The van der Waals surface area contributed by atoms with Crippen LogP contribution in [0.3, 0.4) is 0 Å². The van der Waals surface area contributed by atoms with Crippen LogP contribution >= 0.6 is 40.7 Å². The second-order valence-corrected chi connectivity index (χ2v) is 9.27. The SMILES string of the molecule is CCOC(=O)c1c(C)n(Cc2ccccc2)c2cc(Br)c(O)c(CN3CCN(C)CC3)c12.Cl.Cl. The Morgan fingerprint density at radius 1 is 1.09 bits per heavy atom. The van der Waals surface area contributed by atoms with Gasteiger partial charge in [0.1, 0.15) is 5.75 Å². The van der Waals surface area contributed by atoms with Crippen molar-refractivity contribution in [3.05, 3.63) is 63.3 Å².